The number of benzene rings is 2. The number of fused-ring (bicyclic) bond motifs is 1. The summed E-state index contributed by atoms with van der Waals surface area (Å²) in [6, 6.07) is 16.2. The molecule has 0 fully saturated rings. The zero-order chi connectivity index (χ0) is 17.6. The van der Waals surface area contributed by atoms with Gasteiger partial charge >= 0.3 is 6.03 Å². The molecule has 2 aromatic carbocycles. The summed E-state index contributed by atoms with van der Waals surface area (Å²) in [5, 5.41) is 5.84. The molecule has 0 bridgehead atoms. The molecular weight excluding hydrogens is 314 g/mol. The average molecular weight is 339 g/mol. The first-order valence-electron chi connectivity index (χ1n) is 8.64. The van der Waals surface area contributed by atoms with E-state index in [1.807, 2.05) is 25.1 Å². The highest BCUT2D eigenvalue weighted by atomic mass is 16.5. The Hall–Kier alpha value is -2.53. The van der Waals surface area contributed by atoms with Crippen molar-refractivity contribution in [1.82, 2.24) is 5.32 Å². The van der Waals surface area contributed by atoms with Crippen LogP contribution in [0.15, 0.2) is 48.5 Å². The fourth-order valence-corrected chi connectivity index (χ4v) is 3.23. The normalized spacial score (nSPS) is 14.1. The minimum Gasteiger partial charge on any atom is -0.383 e. The average Bonchev–Trinajstić information content (AvgIpc) is 3.00. The van der Waals surface area contributed by atoms with Crippen molar-refractivity contribution in [3.05, 3.63) is 59.7 Å². The van der Waals surface area contributed by atoms with E-state index in [1.165, 1.54) is 11.3 Å². The van der Waals surface area contributed by atoms with Crippen LogP contribution in [0.5, 0.6) is 0 Å². The Morgan fingerprint density at radius 3 is 2.80 bits per heavy atom. The summed E-state index contributed by atoms with van der Waals surface area (Å²) in [5.74, 6) is 0. The third-order valence-corrected chi connectivity index (χ3v) is 4.40. The first-order valence-corrected chi connectivity index (χ1v) is 8.64. The van der Waals surface area contributed by atoms with Gasteiger partial charge in [-0.1, -0.05) is 36.4 Å². The second-order valence-electron chi connectivity index (χ2n) is 6.41. The molecule has 0 saturated carbocycles. The van der Waals surface area contributed by atoms with E-state index in [2.05, 4.69) is 45.9 Å². The van der Waals surface area contributed by atoms with Crippen LogP contribution in [0.2, 0.25) is 0 Å². The molecular formula is C20H25N3O2. The Labute approximate surface area is 149 Å². The Balaban J connectivity index is 1.68. The Morgan fingerprint density at radius 1 is 1.20 bits per heavy atom. The standard InChI is InChI=1S/C20H25N3O2/c1-15(14-25-2)21-20(24)22-18-9-5-3-8-17(18)13-23-12-11-16-7-4-6-10-19(16)23/h3-10,15H,11-14H2,1-2H3,(H2,21,22,24)/t15-/m0/s1. The lowest BCUT2D eigenvalue weighted by Crippen LogP contribution is -2.38. The van der Waals surface area contributed by atoms with Crippen LogP contribution in [-0.2, 0) is 17.7 Å². The van der Waals surface area contributed by atoms with Crippen LogP contribution in [0.25, 0.3) is 0 Å². The van der Waals surface area contributed by atoms with Gasteiger partial charge < -0.3 is 20.3 Å². The first kappa shape index (κ1) is 17.3. The van der Waals surface area contributed by atoms with Gasteiger partial charge in [-0.3, -0.25) is 0 Å². The molecule has 0 saturated heterocycles. The molecule has 0 unspecified atom stereocenters. The van der Waals surface area contributed by atoms with Gasteiger partial charge in [-0.15, -0.1) is 0 Å². The summed E-state index contributed by atoms with van der Waals surface area (Å²) in [6.07, 6.45) is 1.07. The van der Waals surface area contributed by atoms with Crippen molar-refractivity contribution in [2.24, 2.45) is 0 Å². The van der Waals surface area contributed by atoms with E-state index in [-0.39, 0.29) is 12.1 Å². The molecule has 25 heavy (non-hydrogen) atoms. The van der Waals surface area contributed by atoms with Gasteiger partial charge in [0.15, 0.2) is 0 Å². The third-order valence-electron chi connectivity index (χ3n) is 4.40. The van der Waals surface area contributed by atoms with Gasteiger partial charge in [0.1, 0.15) is 0 Å². The van der Waals surface area contributed by atoms with Crippen molar-refractivity contribution in [1.29, 1.82) is 0 Å². The van der Waals surface area contributed by atoms with Gasteiger partial charge in [0, 0.05) is 31.6 Å². The number of hydrogen-bond acceptors (Lipinski definition) is 3. The highest BCUT2D eigenvalue weighted by Gasteiger charge is 2.19. The predicted octanol–water partition coefficient (Wildman–Crippen LogP) is 3.41. The van der Waals surface area contributed by atoms with Crippen LogP contribution in [-0.4, -0.2) is 32.3 Å². The van der Waals surface area contributed by atoms with Gasteiger partial charge in [0.25, 0.3) is 0 Å². The highest BCUT2D eigenvalue weighted by Crippen LogP contribution is 2.30. The van der Waals surface area contributed by atoms with Crippen molar-refractivity contribution < 1.29 is 9.53 Å². The van der Waals surface area contributed by atoms with Crippen LogP contribution >= 0.6 is 0 Å². The first-order chi connectivity index (χ1) is 12.2. The lowest BCUT2D eigenvalue weighted by molar-refractivity contribution is 0.173. The van der Waals surface area contributed by atoms with Crippen LogP contribution in [0, 0.1) is 0 Å². The van der Waals surface area contributed by atoms with E-state index < -0.39 is 0 Å². The lowest BCUT2D eigenvalue weighted by atomic mass is 10.1. The number of para-hydroxylation sites is 2. The topological polar surface area (TPSA) is 53.6 Å². The molecule has 2 N–H and O–H groups in total. The monoisotopic (exact) mass is 339 g/mol. The van der Waals surface area contributed by atoms with E-state index in [4.69, 9.17) is 4.74 Å². The molecule has 3 rings (SSSR count). The molecule has 1 aliphatic rings. The van der Waals surface area contributed by atoms with Crippen LogP contribution in [0.4, 0.5) is 16.2 Å². The molecule has 0 aromatic heterocycles. The summed E-state index contributed by atoms with van der Waals surface area (Å²) in [7, 11) is 1.62. The van der Waals surface area contributed by atoms with Crippen molar-refractivity contribution in [2.75, 3.05) is 30.5 Å². The Bertz CT molecular complexity index is 732. The summed E-state index contributed by atoms with van der Waals surface area (Å²) < 4.78 is 5.05. The van der Waals surface area contributed by atoms with Crippen LogP contribution in [0.1, 0.15) is 18.1 Å². The lowest BCUT2D eigenvalue weighted by Gasteiger charge is -2.22. The van der Waals surface area contributed by atoms with Gasteiger partial charge in [-0.05, 0) is 36.6 Å². The summed E-state index contributed by atoms with van der Waals surface area (Å²) in [6.45, 7) is 4.18. The Morgan fingerprint density at radius 2 is 1.96 bits per heavy atom. The zero-order valence-electron chi connectivity index (χ0n) is 14.8. The summed E-state index contributed by atoms with van der Waals surface area (Å²) in [4.78, 5) is 14.6. The second-order valence-corrected chi connectivity index (χ2v) is 6.41. The molecule has 0 radical (unpaired) electrons. The molecule has 0 aliphatic carbocycles. The molecule has 1 aliphatic heterocycles. The number of urea groups is 1. The zero-order valence-corrected chi connectivity index (χ0v) is 14.8. The number of carbonyl (C=O) groups is 1. The highest BCUT2D eigenvalue weighted by molar-refractivity contribution is 5.90. The SMILES string of the molecule is COC[C@H](C)NC(=O)Nc1ccccc1CN1CCc2ccccc21. The van der Waals surface area contributed by atoms with Crippen molar-refractivity contribution >= 4 is 17.4 Å². The third kappa shape index (κ3) is 4.31. The van der Waals surface area contributed by atoms with Crippen molar-refractivity contribution in [3.8, 4) is 0 Å². The maximum atomic E-state index is 12.2. The maximum Gasteiger partial charge on any atom is 0.319 e. The molecule has 5 heteroatoms. The van der Waals surface area contributed by atoms with Crippen LogP contribution < -0.4 is 15.5 Å². The number of anilines is 2. The second kappa shape index (κ2) is 8.03. The quantitative estimate of drug-likeness (QED) is 0.848. The number of rotatable bonds is 6. The predicted molar refractivity (Wildman–Crippen MR) is 101 cm³/mol. The fraction of sp³-hybridized carbons (Fsp3) is 0.350. The van der Waals surface area contributed by atoms with E-state index in [0.29, 0.717) is 6.61 Å². The number of ether oxygens (including phenoxy) is 1. The van der Waals surface area contributed by atoms with Crippen molar-refractivity contribution in [2.45, 2.75) is 25.9 Å². The minimum atomic E-state index is -0.209. The molecule has 2 amide bonds. The summed E-state index contributed by atoms with van der Waals surface area (Å²) >= 11 is 0. The molecule has 1 heterocycles. The van der Waals surface area contributed by atoms with E-state index >= 15 is 0 Å². The molecule has 0 spiro atoms. The van der Waals surface area contributed by atoms with Gasteiger partial charge in [0.2, 0.25) is 0 Å². The van der Waals surface area contributed by atoms with Crippen LogP contribution in [0.3, 0.4) is 0 Å². The van der Waals surface area contributed by atoms with E-state index in [0.717, 1.165) is 30.8 Å². The van der Waals surface area contributed by atoms with Gasteiger partial charge in [0.05, 0.1) is 12.6 Å². The molecule has 5 nitrogen and oxygen atoms in total. The summed E-state index contributed by atoms with van der Waals surface area (Å²) in [5.41, 5.74) is 4.62. The van der Waals surface area contributed by atoms with Crippen molar-refractivity contribution in [3.63, 3.8) is 0 Å². The number of carbonyl (C=O) groups excluding carboxylic acids is 1. The largest absolute Gasteiger partial charge is 0.383 e. The molecule has 132 valence electrons. The number of nitrogens with one attached hydrogen (secondary N) is 2. The van der Waals surface area contributed by atoms with Gasteiger partial charge in [-0.25, -0.2) is 4.79 Å². The molecule has 2 aromatic rings. The minimum absolute atomic E-state index is 0.0392. The Kier molecular flexibility index (Phi) is 5.56. The number of methoxy groups -OCH3 is 1. The molecule has 1 atom stereocenters. The number of nitrogens with zero attached hydrogens (tertiary/aromatic N) is 1. The fourth-order valence-electron chi connectivity index (χ4n) is 3.23. The van der Waals surface area contributed by atoms with E-state index in [9.17, 15) is 4.79 Å². The maximum absolute atomic E-state index is 12.2. The smallest absolute Gasteiger partial charge is 0.319 e. The van der Waals surface area contributed by atoms with Gasteiger partial charge in [-0.2, -0.15) is 0 Å². The number of amides is 2. The number of hydrogen-bond donors (Lipinski definition) is 2. The van der Waals surface area contributed by atoms with E-state index in [1.54, 1.807) is 7.11 Å².